The zero-order valence-electron chi connectivity index (χ0n) is 12.2. The van der Waals surface area contributed by atoms with Gasteiger partial charge in [-0.15, -0.1) is 6.42 Å². The predicted octanol–water partition coefficient (Wildman–Crippen LogP) is 4.99. The highest BCUT2D eigenvalue weighted by Gasteiger charge is 2.12. The summed E-state index contributed by atoms with van der Waals surface area (Å²) in [6.07, 6.45) is 6.61. The van der Waals surface area contributed by atoms with Crippen LogP contribution in [-0.2, 0) is 6.42 Å². The lowest BCUT2D eigenvalue weighted by atomic mass is 9.88. The van der Waals surface area contributed by atoms with Gasteiger partial charge in [-0.05, 0) is 37.0 Å². The van der Waals surface area contributed by atoms with Crippen molar-refractivity contribution in [1.82, 2.24) is 0 Å². The second kappa shape index (κ2) is 6.26. The molecule has 1 atom stereocenters. The molecule has 0 aliphatic heterocycles. The van der Waals surface area contributed by atoms with Crippen molar-refractivity contribution in [3.05, 3.63) is 77.4 Å². The summed E-state index contributed by atoms with van der Waals surface area (Å²) < 4.78 is 0. The summed E-state index contributed by atoms with van der Waals surface area (Å²) in [5.74, 6) is 3.04. The van der Waals surface area contributed by atoms with Crippen molar-refractivity contribution in [2.75, 3.05) is 0 Å². The lowest BCUT2D eigenvalue weighted by Gasteiger charge is -2.15. The van der Waals surface area contributed by atoms with Crippen LogP contribution in [-0.4, -0.2) is 0 Å². The van der Waals surface area contributed by atoms with Gasteiger partial charge in [0.1, 0.15) is 0 Å². The maximum absolute atomic E-state index is 5.76. The third kappa shape index (κ3) is 3.19. The van der Waals surface area contributed by atoms with E-state index < -0.39 is 0 Å². The van der Waals surface area contributed by atoms with Gasteiger partial charge in [0.25, 0.3) is 0 Å². The molecule has 2 aromatic carbocycles. The normalized spacial score (nSPS) is 11.7. The smallest absolute Gasteiger partial charge is 0.0490 e. The Hall–Kier alpha value is -2.26. The minimum Gasteiger partial charge on any atom is -0.119 e. The van der Waals surface area contributed by atoms with Crippen LogP contribution in [0.3, 0.4) is 0 Å². The fourth-order valence-corrected chi connectivity index (χ4v) is 2.49. The molecule has 0 aliphatic carbocycles. The Morgan fingerprint density at radius 1 is 1.20 bits per heavy atom. The van der Waals surface area contributed by atoms with Crippen LogP contribution >= 0.6 is 0 Å². The van der Waals surface area contributed by atoms with E-state index in [0.717, 1.165) is 12.0 Å². The van der Waals surface area contributed by atoms with E-state index in [0.29, 0.717) is 0 Å². The predicted molar refractivity (Wildman–Crippen MR) is 87.6 cm³/mol. The summed E-state index contributed by atoms with van der Waals surface area (Å²) in [5, 5.41) is 0. The third-order valence-corrected chi connectivity index (χ3v) is 3.55. The molecule has 0 N–H and O–H groups in total. The zero-order valence-corrected chi connectivity index (χ0v) is 12.2. The summed E-state index contributed by atoms with van der Waals surface area (Å²) in [6, 6.07) is 16.8. The van der Waals surface area contributed by atoms with Crippen molar-refractivity contribution in [3.8, 4) is 12.3 Å². The number of rotatable bonds is 4. The van der Waals surface area contributed by atoms with Crippen LogP contribution in [0.2, 0.25) is 0 Å². The van der Waals surface area contributed by atoms with E-state index in [1.165, 1.54) is 22.3 Å². The first-order valence-corrected chi connectivity index (χ1v) is 6.88. The van der Waals surface area contributed by atoms with Gasteiger partial charge in [-0.3, -0.25) is 0 Å². The van der Waals surface area contributed by atoms with E-state index in [1.807, 2.05) is 13.0 Å². The molecule has 20 heavy (non-hydrogen) atoms. The Bertz CT molecular complexity index is 656. The Kier molecular flexibility index (Phi) is 4.43. The topological polar surface area (TPSA) is 0 Å². The van der Waals surface area contributed by atoms with Crippen LogP contribution in [0, 0.1) is 19.3 Å². The molecule has 0 fully saturated rings. The molecule has 0 heteroatoms. The molecule has 2 aromatic rings. The number of benzene rings is 2. The van der Waals surface area contributed by atoms with Crippen LogP contribution in [0.15, 0.2) is 55.1 Å². The molecular formula is C20H20. The number of hydrogen-bond acceptors (Lipinski definition) is 0. The second-order valence-corrected chi connectivity index (χ2v) is 5.27. The Morgan fingerprint density at radius 3 is 2.60 bits per heavy atom. The Balaban J connectivity index is 2.33. The highest BCUT2D eigenvalue weighted by Crippen LogP contribution is 2.25. The average Bonchev–Trinajstić information content (AvgIpc) is 2.45. The monoisotopic (exact) mass is 260 g/mol. The molecule has 0 nitrogen and oxygen atoms in total. The van der Waals surface area contributed by atoms with Crippen molar-refractivity contribution in [2.24, 2.45) is 0 Å². The van der Waals surface area contributed by atoms with Gasteiger partial charge >= 0.3 is 0 Å². The fourth-order valence-electron chi connectivity index (χ4n) is 2.49. The third-order valence-electron chi connectivity index (χ3n) is 3.55. The molecule has 0 saturated heterocycles. The average molecular weight is 260 g/mol. The molecule has 0 saturated carbocycles. The largest absolute Gasteiger partial charge is 0.119 e. The minimum absolute atomic E-state index is 0.107. The molecule has 0 aromatic heterocycles. The van der Waals surface area contributed by atoms with E-state index in [1.54, 1.807) is 0 Å². The summed E-state index contributed by atoms with van der Waals surface area (Å²) in [5.41, 5.74) is 6.02. The van der Waals surface area contributed by atoms with Gasteiger partial charge in [0, 0.05) is 5.92 Å². The molecule has 2 rings (SSSR count). The summed E-state index contributed by atoms with van der Waals surface area (Å²) in [4.78, 5) is 0. The van der Waals surface area contributed by atoms with Gasteiger partial charge in [0.05, 0.1) is 0 Å². The van der Waals surface area contributed by atoms with Crippen molar-refractivity contribution in [3.63, 3.8) is 0 Å². The molecular weight excluding hydrogens is 240 g/mol. The zero-order chi connectivity index (χ0) is 14.5. The molecule has 0 radical (unpaired) electrons. The summed E-state index contributed by atoms with van der Waals surface area (Å²) >= 11 is 0. The lowest BCUT2D eigenvalue weighted by Crippen LogP contribution is -2.03. The fraction of sp³-hybridized carbons (Fsp3) is 0.200. The van der Waals surface area contributed by atoms with E-state index in [-0.39, 0.29) is 5.92 Å². The van der Waals surface area contributed by atoms with Gasteiger partial charge in [-0.25, -0.2) is 0 Å². The van der Waals surface area contributed by atoms with Crippen LogP contribution in [0.1, 0.15) is 35.1 Å². The number of terminal acetylenes is 1. The molecule has 100 valence electrons. The second-order valence-electron chi connectivity index (χ2n) is 5.27. The minimum atomic E-state index is 0.107. The Labute approximate surface area is 122 Å². The van der Waals surface area contributed by atoms with E-state index >= 15 is 0 Å². The van der Waals surface area contributed by atoms with Gasteiger partial charge in [-0.2, -0.15) is 0 Å². The summed E-state index contributed by atoms with van der Waals surface area (Å²) in [7, 11) is 0. The van der Waals surface area contributed by atoms with Crippen molar-refractivity contribution < 1.29 is 0 Å². The number of allylic oxidation sites excluding steroid dienone is 1. The van der Waals surface area contributed by atoms with Gasteiger partial charge < -0.3 is 0 Å². The quantitative estimate of drug-likeness (QED) is 0.679. The van der Waals surface area contributed by atoms with E-state index in [4.69, 9.17) is 6.42 Å². The van der Waals surface area contributed by atoms with Crippen molar-refractivity contribution in [2.45, 2.75) is 26.2 Å². The first-order chi connectivity index (χ1) is 9.61. The van der Waals surface area contributed by atoms with Crippen molar-refractivity contribution >= 4 is 5.57 Å². The molecule has 0 spiro atoms. The van der Waals surface area contributed by atoms with Gasteiger partial charge in [-0.1, -0.05) is 72.2 Å². The Morgan fingerprint density at radius 2 is 1.95 bits per heavy atom. The van der Waals surface area contributed by atoms with Gasteiger partial charge in [0.15, 0.2) is 0 Å². The number of hydrogen-bond donors (Lipinski definition) is 0. The highest BCUT2D eigenvalue weighted by molar-refractivity contribution is 5.64. The maximum atomic E-state index is 5.76. The lowest BCUT2D eigenvalue weighted by molar-refractivity contribution is 0.859. The van der Waals surface area contributed by atoms with Crippen LogP contribution in [0.25, 0.3) is 5.57 Å². The summed E-state index contributed by atoms with van der Waals surface area (Å²) in [6.45, 7) is 8.19. The molecule has 0 aliphatic rings. The molecule has 0 unspecified atom stereocenters. The van der Waals surface area contributed by atoms with Crippen molar-refractivity contribution in [1.29, 1.82) is 0 Å². The first-order valence-electron chi connectivity index (χ1n) is 6.88. The standard InChI is InChI=1S/C20H20/c1-5-17(18-11-8-9-16(4)13-18)14-19-10-6-7-12-20(19)15(2)3/h1,6-13,17H,2,14H2,3-4H3/t17-/m0/s1. The highest BCUT2D eigenvalue weighted by atomic mass is 14.2. The molecule has 0 heterocycles. The maximum Gasteiger partial charge on any atom is 0.0490 e. The van der Waals surface area contributed by atoms with Crippen LogP contribution < -0.4 is 0 Å². The van der Waals surface area contributed by atoms with E-state index in [2.05, 4.69) is 61.9 Å². The van der Waals surface area contributed by atoms with Crippen LogP contribution in [0.4, 0.5) is 0 Å². The van der Waals surface area contributed by atoms with E-state index in [9.17, 15) is 0 Å². The molecule has 0 bridgehead atoms. The molecule has 0 amide bonds. The van der Waals surface area contributed by atoms with Crippen LogP contribution in [0.5, 0.6) is 0 Å². The van der Waals surface area contributed by atoms with Gasteiger partial charge in [0.2, 0.25) is 0 Å². The first kappa shape index (κ1) is 14.2. The SMILES string of the molecule is C#C[C@@H](Cc1ccccc1C(=C)C)c1cccc(C)c1. The number of aryl methyl sites for hydroxylation is 1.